The van der Waals surface area contributed by atoms with Crippen LogP contribution in [0.15, 0.2) is 16.5 Å². The van der Waals surface area contributed by atoms with Gasteiger partial charge >= 0.3 is 0 Å². The van der Waals surface area contributed by atoms with Gasteiger partial charge in [-0.1, -0.05) is 0 Å². The van der Waals surface area contributed by atoms with E-state index < -0.39 is 0 Å². The fraction of sp³-hybridized carbons (Fsp3) is 0.800. The summed E-state index contributed by atoms with van der Waals surface area (Å²) in [6.07, 6.45) is 5.96. The van der Waals surface area contributed by atoms with Crippen molar-refractivity contribution < 1.29 is 14.3 Å². The van der Waals surface area contributed by atoms with Crippen LogP contribution in [0.3, 0.4) is 0 Å². The summed E-state index contributed by atoms with van der Waals surface area (Å²) in [4.78, 5) is 5.09. The molecule has 3 aliphatic rings. The summed E-state index contributed by atoms with van der Waals surface area (Å²) in [5.74, 6) is 1.27. The highest BCUT2D eigenvalue weighted by atomic mass is 35.5. The average molecular weight is 383 g/mol. The summed E-state index contributed by atoms with van der Waals surface area (Å²) < 4.78 is 11.0. The van der Waals surface area contributed by atoms with Crippen molar-refractivity contribution in [2.24, 2.45) is 11.3 Å². The molecule has 0 bridgehead atoms. The summed E-state index contributed by atoms with van der Waals surface area (Å²) in [7, 11) is 0. The summed E-state index contributed by atoms with van der Waals surface area (Å²) in [5.41, 5.74) is 0.313. The molecule has 1 atom stereocenters. The van der Waals surface area contributed by atoms with Gasteiger partial charge in [-0.05, 0) is 80.9 Å². The predicted octanol–water partition coefficient (Wildman–Crippen LogP) is 3.01. The van der Waals surface area contributed by atoms with Crippen LogP contribution in [-0.2, 0) is 11.3 Å². The van der Waals surface area contributed by atoms with E-state index in [4.69, 9.17) is 20.8 Å². The molecule has 0 aromatic carbocycles. The molecule has 3 saturated heterocycles. The Morgan fingerprint density at radius 3 is 2.50 bits per heavy atom. The van der Waals surface area contributed by atoms with Crippen molar-refractivity contribution in [3.8, 4) is 0 Å². The molecule has 0 amide bonds. The van der Waals surface area contributed by atoms with E-state index in [0.29, 0.717) is 22.6 Å². The van der Waals surface area contributed by atoms with Crippen molar-refractivity contribution in [1.82, 2.24) is 9.80 Å². The number of halogens is 1. The molecule has 4 heterocycles. The Balaban J connectivity index is 1.34. The number of rotatable bonds is 4. The van der Waals surface area contributed by atoms with Gasteiger partial charge in [0.25, 0.3) is 0 Å². The highest BCUT2D eigenvalue weighted by molar-refractivity contribution is 6.28. The van der Waals surface area contributed by atoms with Crippen LogP contribution in [0.5, 0.6) is 0 Å². The number of hydrogen-bond acceptors (Lipinski definition) is 5. The molecule has 3 fully saturated rings. The number of hydrogen-bond donors (Lipinski definition) is 1. The first-order chi connectivity index (χ1) is 12.7. The van der Waals surface area contributed by atoms with Crippen LogP contribution in [-0.4, -0.2) is 66.9 Å². The zero-order valence-corrected chi connectivity index (χ0v) is 16.3. The second-order valence-electron chi connectivity index (χ2n) is 8.31. The van der Waals surface area contributed by atoms with Crippen LogP contribution >= 0.6 is 11.6 Å². The SMILES string of the molecule is OC[C@@H]1CN(Cc2ccc(Cl)o2)CCC12CCN(C1CCOCC1)CC2. The third-order valence-electron chi connectivity index (χ3n) is 7.00. The fourth-order valence-electron chi connectivity index (χ4n) is 5.28. The van der Waals surface area contributed by atoms with Gasteiger partial charge < -0.3 is 19.2 Å². The van der Waals surface area contributed by atoms with E-state index >= 15 is 0 Å². The van der Waals surface area contributed by atoms with Crippen molar-refractivity contribution >= 4 is 11.6 Å². The quantitative estimate of drug-likeness (QED) is 0.867. The number of piperidine rings is 2. The van der Waals surface area contributed by atoms with Gasteiger partial charge in [0.05, 0.1) is 6.54 Å². The largest absolute Gasteiger partial charge is 0.448 e. The molecule has 3 aliphatic heterocycles. The maximum atomic E-state index is 10.1. The van der Waals surface area contributed by atoms with Crippen LogP contribution in [0.25, 0.3) is 0 Å². The molecule has 1 aromatic heterocycles. The second-order valence-corrected chi connectivity index (χ2v) is 8.68. The molecule has 1 N–H and O–H groups in total. The molecule has 1 aromatic rings. The topological polar surface area (TPSA) is 49.1 Å². The fourth-order valence-corrected chi connectivity index (χ4v) is 5.44. The Kier molecular flexibility index (Phi) is 5.91. The molecular weight excluding hydrogens is 352 g/mol. The minimum absolute atomic E-state index is 0.284. The third-order valence-corrected chi connectivity index (χ3v) is 7.20. The monoisotopic (exact) mass is 382 g/mol. The van der Waals surface area contributed by atoms with Gasteiger partial charge in [0, 0.05) is 38.3 Å². The number of nitrogens with zero attached hydrogens (tertiary/aromatic N) is 2. The summed E-state index contributed by atoms with van der Waals surface area (Å²) in [5, 5.41) is 10.6. The molecule has 0 radical (unpaired) electrons. The molecule has 0 aliphatic carbocycles. The van der Waals surface area contributed by atoms with E-state index in [1.165, 1.54) is 45.2 Å². The number of likely N-dealkylation sites (tertiary alicyclic amines) is 2. The van der Waals surface area contributed by atoms with Crippen LogP contribution in [0.1, 0.15) is 37.9 Å². The molecule has 6 heteroatoms. The predicted molar refractivity (Wildman–Crippen MR) is 101 cm³/mol. The zero-order chi connectivity index (χ0) is 18.0. The lowest BCUT2D eigenvalue weighted by molar-refractivity contribution is -0.0609. The maximum absolute atomic E-state index is 10.1. The highest BCUT2D eigenvalue weighted by Gasteiger charge is 2.45. The lowest BCUT2D eigenvalue weighted by Gasteiger charge is -2.52. The van der Waals surface area contributed by atoms with Gasteiger partial charge in [-0.15, -0.1) is 0 Å². The normalized spacial score (nSPS) is 28.6. The van der Waals surface area contributed by atoms with Gasteiger partial charge in [-0.25, -0.2) is 0 Å². The van der Waals surface area contributed by atoms with E-state index in [2.05, 4.69) is 9.80 Å². The molecule has 1 spiro atoms. The molecular formula is C20H31ClN2O3. The van der Waals surface area contributed by atoms with E-state index in [0.717, 1.165) is 38.6 Å². The molecule has 0 saturated carbocycles. The van der Waals surface area contributed by atoms with Crippen molar-refractivity contribution in [1.29, 1.82) is 0 Å². The minimum atomic E-state index is 0.284. The first-order valence-electron chi connectivity index (χ1n) is 10.1. The van der Waals surface area contributed by atoms with Gasteiger partial charge in [-0.3, -0.25) is 4.90 Å². The second kappa shape index (κ2) is 8.19. The Hall–Kier alpha value is -0.590. The van der Waals surface area contributed by atoms with Crippen molar-refractivity contribution in [3.63, 3.8) is 0 Å². The molecule has 26 heavy (non-hydrogen) atoms. The van der Waals surface area contributed by atoms with Gasteiger partial charge in [0.2, 0.25) is 0 Å². The van der Waals surface area contributed by atoms with Crippen molar-refractivity contribution in [2.75, 3.05) is 46.0 Å². The summed E-state index contributed by atoms with van der Waals surface area (Å²) in [6, 6.07) is 4.46. The van der Waals surface area contributed by atoms with Crippen LogP contribution in [0.2, 0.25) is 5.22 Å². The lowest BCUT2D eigenvalue weighted by Crippen LogP contribution is -2.55. The lowest BCUT2D eigenvalue weighted by atomic mass is 9.64. The number of aliphatic hydroxyl groups excluding tert-OH is 1. The van der Waals surface area contributed by atoms with E-state index in [9.17, 15) is 5.11 Å². The highest BCUT2D eigenvalue weighted by Crippen LogP contribution is 2.46. The standard InChI is InChI=1S/C20H31ClN2O3/c21-19-2-1-18(26-19)14-22-8-5-20(16(13-22)15-24)6-9-23(10-7-20)17-3-11-25-12-4-17/h1-2,16-17,24H,3-15H2/t16-/m0/s1. The van der Waals surface area contributed by atoms with Crippen LogP contribution in [0.4, 0.5) is 0 Å². The minimum Gasteiger partial charge on any atom is -0.448 e. The zero-order valence-electron chi connectivity index (χ0n) is 15.5. The first-order valence-corrected chi connectivity index (χ1v) is 10.5. The van der Waals surface area contributed by atoms with Crippen molar-refractivity contribution in [3.05, 3.63) is 23.1 Å². The van der Waals surface area contributed by atoms with Gasteiger partial charge in [0.1, 0.15) is 5.76 Å². The van der Waals surface area contributed by atoms with E-state index in [-0.39, 0.29) is 6.61 Å². The summed E-state index contributed by atoms with van der Waals surface area (Å²) in [6.45, 7) is 7.27. The van der Waals surface area contributed by atoms with Gasteiger partial charge in [0.15, 0.2) is 5.22 Å². The molecule has 0 unspecified atom stereocenters. The van der Waals surface area contributed by atoms with Crippen molar-refractivity contribution in [2.45, 2.75) is 44.7 Å². The maximum Gasteiger partial charge on any atom is 0.193 e. The van der Waals surface area contributed by atoms with E-state index in [1.807, 2.05) is 6.07 Å². The van der Waals surface area contributed by atoms with Crippen LogP contribution < -0.4 is 0 Å². The number of furan rings is 1. The Labute approximate surface area is 161 Å². The summed E-state index contributed by atoms with van der Waals surface area (Å²) >= 11 is 5.89. The smallest absolute Gasteiger partial charge is 0.193 e. The third kappa shape index (κ3) is 3.97. The van der Waals surface area contributed by atoms with Crippen LogP contribution in [0, 0.1) is 11.3 Å². The Morgan fingerprint density at radius 2 is 1.85 bits per heavy atom. The molecule has 146 valence electrons. The number of aliphatic hydroxyl groups is 1. The molecule has 5 nitrogen and oxygen atoms in total. The molecule has 4 rings (SSSR count). The van der Waals surface area contributed by atoms with Gasteiger partial charge in [-0.2, -0.15) is 0 Å². The average Bonchev–Trinajstić information content (AvgIpc) is 3.09. The Bertz CT molecular complexity index is 579. The Morgan fingerprint density at radius 1 is 1.12 bits per heavy atom. The van der Waals surface area contributed by atoms with E-state index in [1.54, 1.807) is 6.07 Å². The first kappa shape index (κ1) is 18.8. The number of ether oxygens (including phenoxy) is 1.